The van der Waals surface area contributed by atoms with E-state index in [1.165, 1.54) is 64.2 Å². The number of ether oxygens (including phenoxy) is 2. The van der Waals surface area contributed by atoms with Crippen LogP contribution in [0.5, 0.6) is 0 Å². The van der Waals surface area contributed by atoms with Gasteiger partial charge in [-0.25, -0.2) is 0 Å². The van der Waals surface area contributed by atoms with Crippen LogP contribution in [0, 0.1) is 0 Å². The van der Waals surface area contributed by atoms with Gasteiger partial charge in [0.05, 0.1) is 25.9 Å². The normalized spacial score (nSPS) is 12.8. The third kappa shape index (κ3) is 20.6. The van der Waals surface area contributed by atoms with Crippen molar-refractivity contribution in [2.45, 2.75) is 135 Å². The SMILES string of the molecule is CCCCCCCCCCCC(=O)OC(CCCCCCC)CCOCC(CO)N=[N+]=[N-]. The van der Waals surface area contributed by atoms with E-state index in [0.29, 0.717) is 19.4 Å². The molecular formula is C25H49N3O4. The van der Waals surface area contributed by atoms with Crippen molar-refractivity contribution in [2.24, 2.45) is 5.11 Å². The zero-order chi connectivity index (χ0) is 23.7. The molecule has 7 nitrogen and oxygen atoms in total. The minimum atomic E-state index is -0.568. The average molecular weight is 456 g/mol. The average Bonchev–Trinajstić information content (AvgIpc) is 2.79. The number of aliphatic hydroxyl groups is 1. The number of hydrogen-bond donors (Lipinski definition) is 1. The molecular weight excluding hydrogens is 406 g/mol. The molecule has 0 amide bonds. The van der Waals surface area contributed by atoms with E-state index in [0.717, 1.165) is 32.1 Å². The Balaban J connectivity index is 4.11. The lowest BCUT2D eigenvalue weighted by Crippen LogP contribution is -2.22. The summed E-state index contributed by atoms with van der Waals surface area (Å²) < 4.78 is 11.3. The highest BCUT2D eigenvalue weighted by atomic mass is 16.5. The van der Waals surface area contributed by atoms with Gasteiger partial charge in [-0.1, -0.05) is 96.0 Å². The van der Waals surface area contributed by atoms with Crippen molar-refractivity contribution in [2.75, 3.05) is 19.8 Å². The van der Waals surface area contributed by atoms with E-state index < -0.39 is 6.04 Å². The standard InChI is InChI=1S/C25H49N3O4/c1-3-5-7-9-10-11-12-14-16-18-25(30)32-24(17-15-13-8-6-4-2)19-20-31-22-23(21-29)27-28-26/h23-24,29H,3-22H2,1-2H3. The van der Waals surface area contributed by atoms with Crippen LogP contribution in [0.4, 0.5) is 0 Å². The molecule has 2 unspecified atom stereocenters. The fourth-order valence-electron chi connectivity index (χ4n) is 3.69. The maximum absolute atomic E-state index is 12.3. The molecule has 7 heteroatoms. The lowest BCUT2D eigenvalue weighted by atomic mass is 10.1. The maximum atomic E-state index is 12.3. The van der Waals surface area contributed by atoms with Crippen LogP contribution in [0.3, 0.4) is 0 Å². The number of aliphatic hydroxyl groups excluding tert-OH is 1. The van der Waals surface area contributed by atoms with E-state index in [1.54, 1.807) is 0 Å². The first-order valence-corrected chi connectivity index (χ1v) is 13.1. The van der Waals surface area contributed by atoms with Gasteiger partial charge in [0, 0.05) is 17.8 Å². The van der Waals surface area contributed by atoms with E-state index >= 15 is 0 Å². The zero-order valence-corrected chi connectivity index (χ0v) is 20.8. The minimum Gasteiger partial charge on any atom is -0.462 e. The van der Waals surface area contributed by atoms with Crippen LogP contribution in [0.1, 0.15) is 123 Å². The van der Waals surface area contributed by atoms with Crippen molar-refractivity contribution in [1.82, 2.24) is 0 Å². The maximum Gasteiger partial charge on any atom is 0.306 e. The molecule has 0 bridgehead atoms. The molecule has 0 rings (SSSR count). The summed E-state index contributed by atoms with van der Waals surface area (Å²) in [4.78, 5) is 15.0. The summed E-state index contributed by atoms with van der Waals surface area (Å²) in [5.74, 6) is -0.103. The third-order valence-corrected chi connectivity index (χ3v) is 5.73. The minimum absolute atomic E-state index is 0.103. The molecule has 32 heavy (non-hydrogen) atoms. The number of esters is 1. The number of rotatable bonds is 24. The van der Waals surface area contributed by atoms with E-state index in [2.05, 4.69) is 23.9 Å². The summed E-state index contributed by atoms with van der Waals surface area (Å²) in [7, 11) is 0. The largest absolute Gasteiger partial charge is 0.462 e. The van der Waals surface area contributed by atoms with E-state index in [1.807, 2.05) is 0 Å². The van der Waals surface area contributed by atoms with Gasteiger partial charge < -0.3 is 14.6 Å². The molecule has 0 fully saturated rings. The Morgan fingerprint density at radius 1 is 0.875 bits per heavy atom. The number of carbonyl (C=O) groups excluding carboxylic acids is 1. The molecule has 0 saturated carbocycles. The number of nitrogens with zero attached hydrogens (tertiary/aromatic N) is 3. The van der Waals surface area contributed by atoms with Gasteiger partial charge in [0.15, 0.2) is 0 Å². The van der Waals surface area contributed by atoms with Gasteiger partial charge in [-0.2, -0.15) is 0 Å². The summed E-state index contributed by atoms with van der Waals surface area (Å²) >= 11 is 0. The van der Waals surface area contributed by atoms with Crippen LogP contribution in [0.2, 0.25) is 0 Å². The molecule has 0 radical (unpaired) electrons. The van der Waals surface area contributed by atoms with Crippen LogP contribution in [0.15, 0.2) is 5.11 Å². The highest BCUT2D eigenvalue weighted by Gasteiger charge is 2.15. The van der Waals surface area contributed by atoms with Crippen molar-refractivity contribution in [3.8, 4) is 0 Å². The van der Waals surface area contributed by atoms with Crippen LogP contribution in [-0.4, -0.2) is 43.0 Å². The summed E-state index contributed by atoms with van der Waals surface area (Å²) in [6, 6.07) is -0.568. The summed E-state index contributed by atoms with van der Waals surface area (Å²) in [5.41, 5.74) is 8.47. The molecule has 0 heterocycles. The van der Waals surface area contributed by atoms with Crippen LogP contribution >= 0.6 is 0 Å². The van der Waals surface area contributed by atoms with Crippen molar-refractivity contribution in [3.63, 3.8) is 0 Å². The van der Waals surface area contributed by atoms with Crippen molar-refractivity contribution < 1.29 is 19.4 Å². The number of carbonyl (C=O) groups is 1. The molecule has 2 atom stereocenters. The molecule has 188 valence electrons. The lowest BCUT2D eigenvalue weighted by molar-refractivity contribution is -0.150. The fraction of sp³-hybridized carbons (Fsp3) is 0.960. The molecule has 0 aliphatic rings. The smallest absolute Gasteiger partial charge is 0.306 e. The van der Waals surface area contributed by atoms with Gasteiger partial charge in [0.2, 0.25) is 0 Å². The van der Waals surface area contributed by atoms with Gasteiger partial charge in [-0.3, -0.25) is 4.79 Å². The Bertz CT molecular complexity index is 470. The Morgan fingerprint density at radius 2 is 1.44 bits per heavy atom. The summed E-state index contributed by atoms with van der Waals surface area (Å²) in [5, 5.41) is 12.6. The van der Waals surface area contributed by atoms with Crippen molar-refractivity contribution >= 4 is 5.97 Å². The van der Waals surface area contributed by atoms with Crippen molar-refractivity contribution in [1.29, 1.82) is 0 Å². The Morgan fingerprint density at radius 3 is 2.00 bits per heavy atom. The van der Waals surface area contributed by atoms with Crippen LogP contribution in [0.25, 0.3) is 10.4 Å². The number of azide groups is 1. The van der Waals surface area contributed by atoms with E-state index in [-0.39, 0.29) is 25.3 Å². The molecule has 0 aromatic carbocycles. The van der Waals surface area contributed by atoms with Crippen LogP contribution in [-0.2, 0) is 14.3 Å². The first-order chi connectivity index (χ1) is 15.7. The number of unbranched alkanes of at least 4 members (excludes halogenated alkanes) is 12. The monoisotopic (exact) mass is 455 g/mol. The van der Waals surface area contributed by atoms with Gasteiger partial charge in [-0.05, 0) is 24.8 Å². The van der Waals surface area contributed by atoms with Gasteiger partial charge in [0.1, 0.15) is 6.10 Å². The van der Waals surface area contributed by atoms with E-state index in [9.17, 15) is 4.79 Å². The fourth-order valence-corrected chi connectivity index (χ4v) is 3.69. The molecule has 0 aliphatic heterocycles. The molecule has 0 aromatic rings. The molecule has 0 aliphatic carbocycles. The van der Waals surface area contributed by atoms with Crippen molar-refractivity contribution in [3.05, 3.63) is 10.4 Å². The van der Waals surface area contributed by atoms with E-state index in [4.69, 9.17) is 20.1 Å². The molecule has 1 N–H and O–H groups in total. The highest BCUT2D eigenvalue weighted by molar-refractivity contribution is 5.69. The predicted molar refractivity (Wildman–Crippen MR) is 131 cm³/mol. The second-order valence-corrected chi connectivity index (χ2v) is 8.80. The lowest BCUT2D eigenvalue weighted by Gasteiger charge is -2.19. The van der Waals surface area contributed by atoms with Gasteiger partial charge in [-0.15, -0.1) is 0 Å². The zero-order valence-electron chi connectivity index (χ0n) is 20.8. The second kappa shape index (κ2) is 24.3. The predicted octanol–water partition coefficient (Wildman–Crippen LogP) is 7.26. The third-order valence-electron chi connectivity index (χ3n) is 5.73. The summed E-state index contributed by atoms with van der Waals surface area (Å²) in [6.45, 7) is 4.80. The Hall–Kier alpha value is -1.30. The van der Waals surface area contributed by atoms with Crippen LogP contribution < -0.4 is 0 Å². The van der Waals surface area contributed by atoms with Gasteiger partial charge >= 0.3 is 5.97 Å². The van der Waals surface area contributed by atoms with Gasteiger partial charge in [0.25, 0.3) is 0 Å². The molecule has 0 aromatic heterocycles. The highest BCUT2D eigenvalue weighted by Crippen LogP contribution is 2.15. The first kappa shape index (κ1) is 30.7. The quantitative estimate of drug-likeness (QED) is 0.0543. The molecule has 0 spiro atoms. The Labute approximate surface area is 196 Å². The topological polar surface area (TPSA) is 105 Å². The number of hydrogen-bond acceptors (Lipinski definition) is 5. The Kier molecular flexibility index (Phi) is 23.4. The molecule has 0 saturated heterocycles. The first-order valence-electron chi connectivity index (χ1n) is 13.1. The summed E-state index contributed by atoms with van der Waals surface area (Å²) in [6.07, 6.45) is 18.8. The second-order valence-electron chi connectivity index (χ2n) is 8.80.